The van der Waals surface area contributed by atoms with Crippen LogP contribution in [0.4, 0.5) is 5.69 Å². The van der Waals surface area contributed by atoms with Crippen molar-refractivity contribution in [3.05, 3.63) is 78.4 Å². The lowest BCUT2D eigenvalue weighted by molar-refractivity contribution is 0.0977. The van der Waals surface area contributed by atoms with Gasteiger partial charge in [-0.05, 0) is 73.2 Å². The van der Waals surface area contributed by atoms with E-state index < -0.39 is 0 Å². The molecule has 7 heteroatoms. The van der Waals surface area contributed by atoms with Crippen molar-refractivity contribution in [2.24, 2.45) is 0 Å². The molecule has 0 aliphatic rings. The molecule has 0 bridgehead atoms. The number of carbonyl (C=O) groups is 1. The number of aromatic nitrogens is 1. The Bertz CT molecular complexity index is 1220. The smallest absolute Gasteiger partial charge is 0.257 e. The number of oxazole rings is 1. The third-order valence-corrected chi connectivity index (χ3v) is 4.98. The van der Waals surface area contributed by atoms with Gasteiger partial charge in [-0.1, -0.05) is 31.5 Å². The third kappa shape index (κ3) is 5.31. The topological polar surface area (TPSA) is 76.4 Å². The lowest BCUT2D eigenvalue weighted by atomic mass is 10.2. The molecule has 6 nitrogen and oxygen atoms in total. The molecule has 2 N–H and O–H groups in total. The maximum Gasteiger partial charge on any atom is 0.257 e. The molecule has 1 aromatic heterocycles. The Kier molecular flexibility index (Phi) is 6.77. The van der Waals surface area contributed by atoms with Gasteiger partial charge >= 0.3 is 0 Å². The van der Waals surface area contributed by atoms with Crippen molar-refractivity contribution in [2.75, 3.05) is 11.9 Å². The van der Waals surface area contributed by atoms with Gasteiger partial charge in [0.2, 0.25) is 5.89 Å². The van der Waals surface area contributed by atoms with Gasteiger partial charge in [0, 0.05) is 16.8 Å². The predicted octanol–water partition coefficient (Wildman–Crippen LogP) is 5.80. The number of amides is 1. The summed E-state index contributed by atoms with van der Waals surface area (Å²) in [5.41, 5.74) is 3.47. The molecule has 3 aromatic carbocycles. The quantitative estimate of drug-likeness (QED) is 0.277. The average molecular weight is 446 g/mol. The molecule has 0 saturated carbocycles. The fourth-order valence-electron chi connectivity index (χ4n) is 3.08. The summed E-state index contributed by atoms with van der Waals surface area (Å²) >= 11 is 5.30. The molecule has 0 aliphatic heterocycles. The number of hydrogen-bond acceptors (Lipinski definition) is 5. The zero-order valence-electron chi connectivity index (χ0n) is 17.6. The summed E-state index contributed by atoms with van der Waals surface area (Å²) < 4.78 is 11.4. The Labute approximate surface area is 191 Å². The first-order chi connectivity index (χ1) is 15.6. The number of unbranched alkanes of at least 4 members (excludes halogenated alkanes) is 1. The number of benzene rings is 3. The summed E-state index contributed by atoms with van der Waals surface area (Å²) in [6.45, 7) is 2.78. The van der Waals surface area contributed by atoms with Crippen LogP contribution in [0.5, 0.6) is 5.75 Å². The van der Waals surface area contributed by atoms with E-state index in [1.165, 1.54) is 0 Å². The predicted molar refractivity (Wildman–Crippen MR) is 130 cm³/mol. The minimum Gasteiger partial charge on any atom is -0.494 e. The van der Waals surface area contributed by atoms with Gasteiger partial charge in [-0.25, -0.2) is 4.98 Å². The van der Waals surface area contributed by atoms with Gasteiger partial charge in [-0.15, -0.1) is 0 Å². The number of carbonyl (C=O) groups excluding carboxylic acids is 1. The summed E-state index contributed by atoms with van der Waals surface area (Å²) in [4.78, 5) is 17.0. The molecule has 1 heterocycles. The van der Waals surface area contributed by atoms with Crippen LogP contribution in [-0.4, -0.2) is 22.6 Å². The Morgan fingerprint density at radius 1 is 1.06 bits per heavy atom. The van der Waals surface area contributed by atoms with Crippen LogP contribution in [0.2, 0.25) is 0 Å². The van der Waals surface area contributed by atoms with E-state index in [2.05, 4.69) is 22.5 Å². The van der Waals surface area contributed by atoms with E-state index in [1.807, 2.05) is 48.5 Å². The zero-order valence-corrected chi connectivity index (χ0v) is 18.4. The van der Waals surface area contributed by atoms with E-state index in [-0.39, 0.29) is 11.0 Å². The van der Waals surface area contributed by atoms with Gasteiger partial charge in [-0.3, -0.25) is 10.1 Å². The van der Waals surface area contributed by atoms with Gasteiger partial charge in [0.05, 0.1) is 6.61 Å². The number of rotatable bonds is 7. The van der Waals surface area contributed by atoms with Crippen molar-refractivity contribution >= 4 is 40.0 Å². The molecule has 1 amide bonds. The molecule has 4 rings (SSSR count). The molecule has 0 fully saturated rings. The Morgan fingerprint density at radius 3 is 2.59 bits per heavy atom. The molecule has 32 heavy (non-hydrogen) atoms. The maximum absolute atomic E-state index is 12.5. The molecule has 0 radical (unpaired) electrons. The van der Waals surface area contributed by atoms with Gasteiger partial charge in [0.15, 0.2) is 10.7 Å². The summed E-state index contributed by atoms with van der Waals surface area (Å²) in [7, 11) is 0. The zero-order chi connectivity index (χ0) is 22.3. The molecule has 4 aromatic rings. The monoisotopic (exact) mass is 445 g/mol. The highest BCUT2D eigenvalue weighted by molar-refractivity contribution is 7.80. The fourth-order valence-corrected chi connectivity index (χ4v) is 3.29. The van der Waals surface area contributed by atoms with E-state index in [9.17, 15) is 4.79 Å². The summed E-state index contributed by atoms with van der Waals surface area (Å²) in [6, 6.07) is 22.2. The van der Waals surface area contributed by atoms with Crippen LogP contribution in [0.15, 0.2) is 77.2 Å². The van der Waals surface area contributed by atoms with E-state index in [0.717, 1.165) is 24.2 Å². The molecule has 0 spiro atoms. The largest absolute Gasteiger partial charge is 0.494 e. The van der Waals surface area contributed by atoms with Gasteiger partial charge < -0.3 is 14.5 Å². The first-order valence-electron chi connectivity index (χ1n) is 10.4. The molecule has 0 aliphatic carbocycles. The first kappa shape index (κ1) is 21.5. The number of thiocarbonyl (C=S) groups is 1. The van der Waals surface area contributed by atoms with Crippen LogP contribution < -0.4 is 15.4 Å². The van der Waals surface area contributed by atoms with Crippen molar-refractivity contribution in [1.29, 1.82) is 0 Å². The minimum absolute atomic E-state index is 0.199. The second-order valence-corrected chi connectivity index (χ2v) is 7.61. The van der Waals surface area contributed by atoms with Crippen molar-refractivity contribution < 1.29 is 13.9 Å². The number of fused-ring (bicyclic) bond motifs is 1. The van der Waals surface area contributed by atoms with E-state index in [0.29, 0.717) is 34.8 Å². The number of anilines is 1. The van der Waals surface area contributed by atoms with Gasteiger partial charge in [-0.2, -0.15) is 0 Å². The maximum atomic E-state index is 12.5. The first-order valence-corrected chi connectivity index (χ1v) is 10.8. The number of ether oxygens (including phenoxy) is 1. The average Bonchev–Trinajstić information content (AvgIpc) is 3.24. The van der Waals surface area contributed by atoms with Gasteiger partial charge in [0.25, 0.3) is 5.91 Å². The van der Waals surface area contributed by atoms with Crippen LogP contribution >= 0.6 is 12.2 Å². The highest BCUT2D eigenvalue weighted by Crippen LogP contribution is 2.26. The fraction of sp³-hybridized carbons (Fsp3) is 0.160. The van der Waals surface area contributed by atoms with Crippen LogP contribution in [0.3, 0.4) is 0 Å². The van der Waals surface area contributed by atoms with Crippen molar-refractivity contribution in [2.45, 2.75) is 19.8 Å². The van der Waals surface area contributed by atoms with E-state index >= 15 is 0 Å². The van der Waals surface area contributed by atoms with Crippen LogP contribution in [0, 0.1) is 0 Å². The molecule has 162 valence electrons. The minimum atomic E-state index is -0.295. The van der Waals surface area contributed by atoms with Crippen LogP contribution in [-0.2, 0) is 0 Å². The highest BCUT2D eigenvalue weighted by Gasteiger charge is 2.11. The summed E-state index contributed by atoms with van der Waals surface area (Å²) in [6.07, 6.45) is 2.07. The van der Waals surface area contributed by atoms with Crippen molar-refractivity contribution in [3.63, 3.8) is 0 Å². The second-order valence-electron chi connectivity index (χ2n) is 7.20. The van der Waals surface area contributed by atoms with Crippen molar-refractivity contribution in [3.8, 4) is 17.2 Å². The van der Waals surface area contributed by atoms with Gasteiger partial charge in [0.1, 0.15) is 11.3 Å². The number of hydrogen-bond donors (Lipinski definition) is 2. The molecule has 0 atom stereocenters. The van der Waals surface area contributed by atoms with Crippen LogP contribution in [0.1, 0.15) is 30.1 Å². The summed E-state index contributed by atoms with van der Waals surface area (Å²) in [5, 5.41) is 5.91. The molecule has 0 unspecified atom stereocenters. The molecular weight excluding hydrogens is 422 g/mol. The third-order valence-electron chi connectivity index (χ3n) is 4.78. The SMILES string of the molecule is CCCCOc1ccc(C(=O)NC(=S)Nc2ccc3oc(-c4ccccc4)nc3c2)cc1. The van der Waals surface area contributed by atoms with E-state index in [4.69, 9.17) is 21.4 Å². The lowest BCUT2D eigenvalue weighted by Gasteiger charge is -2.10. The Morgan fingerprint density at radius 2 is 1.84 bits per heavy atom. The summed E-state index contributed by atoms with van der Waals surface area (Å²) in [5.74, 6) is 0.999. The number of nitrogens with zero attached hydrogens (tertiary/aromatic N) is 1. The van der Waals surface area contributed by atoms with E-state index in [1.54, 1.807) is 24.3 Å². The molecule has 0 saturated heterocycles. The highest BCUT2D eigenvalue weighted by atomic mass is 32.1. The van der Waals surface area contributed by atoms with Crippen molar-refractivity contribution in [1.82, 2.24) is 10.3 Å². The Balaban J connectivity index is 1.37. The number of nitrogens with one attached hydrogen (secondary N) is 2. The molecular formula is C25H23N3O3S. The lowest BCUT2D eigenvalue weighted by Crippen LogP contribution is -2.34. The second kappa shape index (κ2) is 10.1. The standard InChI is InChI=1S/C25H23N3O3S/c1-2-3-15-30-20-12-9-17(10-13-20)23(29)28-25(32)26-19-11-14-22-21(16-19)27-24(31-22)18-7-5-4-6-8-18/h4-14,16H,2-3,15H2,1H3,(H2,26,28,29,32). The van der Waals surface area contributed by atoms with Crippen LogP contribution in [0.25, 0.3) is 22.6 Å². The Hall–Kier alpha value is -3.71. The normalized spacial score (nSPS) is 10.7.